The Hall–Kier alpha value is -2.31. The Bertz CT molecular complexity index is 1030. The van der Waals surface area contributed by atoms with E-state index in [1.165, 1.54) is 4.57 Å². The number of rotatable bonds is 6. The number of hydrogen-bond acceptors (Lipinski definition) is 4. The van der Waals surface area contributed by atoms with Crippen LogP contribution in [0.4, 0.5) is 0 Å². The molecule has 0 unspecified atom stereocenters. The number of oxazole rings is 1. The number of benzene rings is 1. The van der Waals surface area contributed by atoms with Crippen LogP contribution in [0.2, 0.25) is 5.02 Å². The molecule has 2 heterocycles. The summed E-state index contributed by atoms with van der Waals surface area (Å²) < 4.78 is 13.8. The summed E-state index contributed by atoms with van der Waals surface area (Å²) in [4.78, 5) is 25.0. The van der Waals surface area contributed by atoms with Crippen molar-refractivity contribution >= 4 is 28.5 Å². The third kappa shape index (κ3) is 3.22. The molecule has 7 heteroatoms. The number of ether oxygens (including phenoxy) is 1. The molecule has 6 nitrogen and oxygen atoms in total. The van der Waals surface area contributed by atoms with Gasteiger partial charge in [-0.25, -0.2) is 4.79 Å². The summed E-state index contributed by atoms with van der Waals surface area (Å²) in [6.07, 6.45) is 0. The molecule has 0 spiro atoms. The second-order valence-corrected chi connectivity index (χ2v) is 6.88. The molecule has 1 atom stereocenters. The quantitative estimate of drug-likeness (QED) is 0.614. The number of halogens is 1. The van der Waals surface area contributed by atoms with Crippen molar-refractivity contribution in [1.82, 2.24) is 9.13 Å². The number of nitrogens with zero attached hydrogens (tertiary/aromatic N) is 2. The zero-order valence-electron chi connectivity index (χ0n) is 15.2. The Balaban J connectivity index is 1.96. The van der Waals surface area contributed by atoms with Gasteiger partial charge < -0.3 is 13.7 Å². The van der Waals surface area contributed by atoms with Crippen LogP contribution in [0, 0.1) is 13.8 Å². The van der Waals surface area contributed by atoms with Gasteiger partial charge in [-0.05, 0) is 39.0 Å². The van der Waals surface area contributed by atoms with Crippen molar-refractivity contribution in [2.45, 2.75) is 33.4 Å². The minimum Gasteiger partial charge on any atom is -0.408 e. The molecule has 0 radical (unpaired) electrons. The van der Waals surface area contributed by atoms with E-state index in [0.29, 0.717) is 28.3 Å². The van der Waals surface area contributed by atoms with Crippen LogP contribution < -0.4 is 5.76 Å². The van der Waals surface area contributed by atoms with Crippen molar-refractivity contribution in [2.24, 2.45) is 0 Å². The van der Waals surface area contributed by atoms with Crippen molar-refractivity contribution in [1.29, 1.82) is 0 Å². The molecule has 1 aromatic carbocycles. The number of ketones is 1. The van der Waals surface area contributed by atoms with Gasteiger partial charge in [-0.1, -0.05) is 11.6 Å². The van der Waals surface area contributed by atoms with E-state index in [0.717, 1.165) is 11.4 Å². The number of aromatic nitrogens is 2. The second-order valence-electron chi connectivity index (χ2n) is 6.45. The minimum absolute atomic E-state index is 0.0869. The SMILES string of the molecule is COC[C@@H](C)n1c(C)cc(C(=O)Cn2c(=O)oc3cc(Cl)ccc32)c1C. The summed E-state index contributed by atoms with van der Waals surface area (Å²) in [5, 5.41) is 0.473. The molecule has 26 heavy (non-hydrogen) atoms. The molecule has 2 aromatic heterocycles. The summed E-state index contributed by atoms with van der Waals surface area (Å²) in [5.41, 5.74) is 3.36. The molecule has 3 aromatic rings. The first-order valence-electron chi connectivity index (χ1n) is 8.33. The molecule has 0 bridgehead atoms. The monoisotopic (exact) mass is 376 g/mol. The maximum atomic E-state index is 12.9. The lowest BCUT2D eigenvalue weighted by molar-refractivity contribution is 0.0969. The zero-order valence-corrected chi connectivity index (χ0v) is 16.0. The maximum Gasteiger partial charge on any atom is 0.420 e. The Labute approximate surface area is 155 Å². The molecule has 0 N–H and O–H groups in total. The Kier molecular flexibility index (Phi) is 5.07. The number of methoxy groups -OCH3 is 1. The number of Topliss-reactive ketones (excluding diaryl/α,β-unsaturated/α-hetero) is 1. The number of aryl methyl sites for hydroxylation is 1. The topological polar surface area (TPSA) is 66.4 Å². The average Bonchev–Trinajstić information content (AvgIpc) is 3.03. The molecular formula is C19H21ClN2O4. The Morgan fingerprint density at radius 2 is 2.04 bits per heavy atom. The Morgan fingerprint density at radius 1 is 1.31 bits per heavy atom. The van der Waals surface area contributed by atoms with Gasteiger partial charge in [0.1, 0.15) is 0 Å². The van der Waals surface area contributed by atoms with Gasteiger partial charge in [0.2, 0.25) is 0 Å². The molecule has 0 fully saturated rings. The summed E-state index contributed by atoms with van der Waals surface area (Å²) in [6, 6.07) is 6.88. The van der Waals surface area contributed by atoms with Crippen LogP contribution in [0.15, 0.2) is 33.5 Å². The van der Waals surface area contributed by atoms with Crippen LogP contribution in [-0.4, -0.2) is 28.6 Å². The number of fused-ring (bicyclic) bond motifs is 1. The summed E-state index contributed by atoms with van der Waals surface area (Å²) in [7, 11) is 1.65. The molecule has 0 aliphatic rings. The highest BCUT2D eigenvalue weighted by Crippen LogP contribution is 2.23. The highest BCUT2D eigenvalue weighted by atomic mass is 35.5. The first-order valence-corrected chi connectivity index (χ1v) is 8.70. The smallest absolute Gasteiger partial charge is 0.408 e. The lowest BCUT2D eigenvalue weighted by atomic mass is 10.1. The van der Waals surface area contributed by atoms with Crippen molar-refractivity contribution in [3.8, 4) is 0 Å². The summed E-state index contributed by atoms with van der Waals surface area (Å²) >= 11 is 5.93. The third-order valence-electron chi connectivity index (χ3n) is 4.57. The van der Waals surface area contributed by atoms with Gasteiger partial charge in [0.05, 0.1) is 24.7 Å². The van der Waals surface area contributed by atoms with E-state index in [9.17, 15) is 9.59 Å². The lowest BCUT2D eigenvalue weighted by Gasteiger charge is -2.17. The second kappa shape index (κ2) is 7.13. The van der Waals surface area contributed by atoms with Gasteiger partial charge in [-0.15, -0.1) is 0 Å². The Morgan fingerprint density at radius 3 is 2.73 bits per heavy atom. The third-order valence-corrected chi connectivity index (χ3v) is 4.80. The average molecular weight is 377 g/mol. The number of carbonyl (C=O) groups is 1. The van der Waals surface area contributed by atoms with Crippen molar-refractivity contribution in [2.75, 3.05) is 13.7 Å². The van der Waals surface area contributed by atoms with E-state index in [2.05, 4.69) is 4.57 Å². The van der Waals surface area contributed by atoms with Gasteiger partial charge in [-0.3, -0.25) is 9.36 Å². The molecule has 138 valence electrons. The largest absolute Gasteiger partial charge is 0.420 e. The molecule has 0 saturated heterocycles. The van der Waals surface area contributed by atoms with Crippen LogP contribution >= 0.6 is 11.6 Å². The summed E-state index contributed by atoms with van der Waals surface area (Å²) in [5.74, 6) is -0.717. The normalized spacial score (nSPS) is 12.7. The fourth-order valence-electron chi connectivity index (χ4n) is 3.47. The van der Waals surface area contributed by atoms with Crippen LogP contribution in [-0.2, 0) is 11.3 Å². The number of carbonyl (C=O) groups excluding carboxylic acids is 1. The van der Waals surface area contributed by atoms with Gasteiger partial charge >= 0.3 is 5.76 Å². The first kappa shape index (κ1) is 18.5. The van der Waals surface area contributed by atoms with Gasteiger partial charge in [0.15, 0.2) is 11.4 Å². The molecule has 0 aliphatic carbocycles. The van der Waals surface area contributed by atoms with Crippen molar-refractivity contribution in [3.05, 3.63) is 56.8 Å². The van der Waals surface area contributed by atoms with E-state index >= 15 is 0 Å². The maximum absolute atomic E-state index is 12.9. The van der Waals surface area contributed by atoms with E-state index in [1.807, 2.05) is 26.8 Å². The van der Waals surface area contributed by atoms with Gasteiger partial charge in [0, 0.05) is 35.2 Å². The molecule has 0 amide bonds. The summed E-state index contributed by atoms with van der Waals surface area (Å²) in [6.45, 7) is 6.36. The highest BCUT2D eigenvalue weighted by Gasteiger charge is 2.21. The molecule has 0 aliphatic heterocycles. The fraction of sp³-hybridized carbons (Fsp3) is 0.368. The van der Waals surface area contributed by atoms with Crippen LogP contribution in [0.25, 0.3) is 11.1 Å². The van der Waals surface area contributed by atoms with Crippen LogP contribution in [0.3, 0.4) is 0 Å². The van der Waals surface area contributed by atoms with E-state index in [4.69, 9.17) is 20.8 Å². The first-order chi connectivity index (χ1) is 12.3. The van der Waals surface area contributed by atoms with Crippen LogP contribution in [0.5, 0.6) is 0 Å². The minimum atomic E-state index is -0.572. The lowest BCUT2D eigenvalue weighted by Crippen LogP contribution is -2.21. The van der Waals surface area contributed by atoms with Crippen molar-refractivity contribution < 1.29 is 13.9 Å². The van der Waals surface area contributed by atoms with E-state index < -0.39 is 5.76 Å². The molecular weight excluding hydrogens is 356 g/mol. The zero-order chi connectivity index (χ0) is 19.0. The highest BCUT2D eigenvalue weighted by molar-refractivity contribution is 6.31. The van der Waals surface area contributed by atoms with Gasteiger partial charge in [0.25, 0.3) is 0 Å². The predicted molar refractivity (Wildman–Crippen MR) is 100 cm³/mol. The predicted octanol–water partition coefficient (Wildman–Crippen LogP) is 3.76. The molecule has 0 saturated carbocycles. The standard InChI is InChI=1S/C19H21ClN2O4/c1-11-7-15(13(3)22(11)12(2)10-25-4)17(23)9-21-16-6-5-14(20)8-18(16)26-19(21)24/h5-8,12H,9-10H2,1-4H3/t12-/m1/s1. The van der Waals surface area contributed by atoms with E-state index in [-0.39, 0.29) is 18.4 Å². The van der Waals surface area contributed by atoms with Gasteiger partial charge in [-0.2, -0.15) is 0 Å². The fourth-order valence-corrected chi connectivity index (χ4v) is 3.63. The van der Waals surface area contributed by atoms with Crippen molar-refractivity contribution in [3.63, 3.8) is 0 Å². The molecule has 3 rings (SSSR count). The van der Waals surface area contributed by atoms with E-state index in [1.54, 1.807) is 25.3 Å². The van der Waals surface area contributed by atoms with Crippen LogP contribution in [0.1, 0.15) is 34.7 Å². The number of hydrogen-bond donors (Lipinski definition) is 0.